The summed E-state index contributed by atoms with van der Waals surface area (Å²) in [5.74, 6) is 0.524. The molecule has 0 heterocycles. The highest BCUT2D eigenvalue weighted by Crippen LogP contribution is 2.15. The van der Waals surface area contributed by atoms with E-state index in [0.717, 1.165) is 17.7 Å². The van der Waals surface area contributed by atoms with Crippen LogP contribution in [0.25, 0.3) is 0 Å². The maximum Gasteiger partial charge on any atom is 0.240 e. The van der Waals surface area contributed by atoms with Gasteiger partial charge in [0, 0.05) is 12.2 Å². The minimum atomic E-state index is -3.61. The lowest BCUT2D eigenvalue weighted by atomic mass is 10.2. The third-order valence-electron chi connectivity index (χ3n) is 4.93. The molecule has 3 rings (SSSR count). The van der Waals surface area contributed by atoms with Crippen LogP contribution in [0.3, 0.4) is 0 Å². The van der Waals surface area contributed by atoms with Gasteiger partial charge in [-0.25, -0.2) is 13.1 Å². The summed E-state index contributed by atoms with van der Waals surface area (Å²) < 4.78 is 33.1. The molecule has 0 spiro atoms. The normalized spacial score (nSPS) is 11.2. The fraction of sp³-hybridized carbons (Fsp3) is 0.240. The molecular weight excluding hydrogens is 424 g/mol. The second-order valence-electron chi connectivity index (χ2n) is 7.30. The molecule has 32 heavy (non-hydrogen) atoms. The SMILES string of the molecule is CCc1ccc(OCCC(=O)Nc2ccc(S(=O)(=O)NCCc3ccccc3)cc2)cc1. The Morgan fingerprint density at radius 2 is 1.56 bits per heavy atom. The van der Waals surface area contributed by atoms with Gasteiger partial charge < -0.3 is 10.1 Å². The van der Waals surface area contributed by atoms with Crippen LogP contribution in [0.15, 0.2) is 83.8 Å². The number of ether oxygens (including phenoxy) is 1. The van der Waals surface area contributed by atoms with Crippen molar-refractivity contribution in [1.29, 1.82) is 0 Å². The lowest BCUT2D eigenvalue weighted by Crippen LogP contribution is -2.26. The molecule has 1 amide bonds. The van der Waals surface area contributed by atoms with Gasteiger partial charge in [0.1, 0.15) is 5.75 Å². The maximum absolute atomic E-state index is 12.5. The molecule has 0 saturated heterocycles. The number of hydrogen-bond acceptors (Lipinski definition) is 4. The molecule has 3 aromatic carbocycles. The molecule has 0 atom stereocenters. The average Bonchev–Trinajstić information content (AvgIpc) is 2.80. The van der Waals surface area contributed by atoms with E-state index in [1.165, 1.54) is 17.7 Å². The molecule has 0 aromatic heterocycles. The number of hydrogen-bond donors (Lipinski definition) is 2. The van der Waals surface area contributed by atoms with Crippen LogP contribution in [0.2, 0.25) is 0 Å². The molecule has 0 unspecified atom stereocenters. The maximum atomic E-state index is 12.5. The van der Waals surface area contributed by atoms with Crippen LogP contribution in [0.1, 0.15) is 24.5 Å². The minimum absolute atomic E-state index is 0.155. The lowest BCUT2D eigenvalue weighted by Gasteiger charge is -2.10. The molecule has 0 aliphatic heterocycles. The van der Waals surface area contributed by atoms with Crippen LogP contribution in [0.4, 0.5) is 5.69 Å². The second kappa shape index (κ2) is 11.5. The molecule has 6 nitrogen and oxygen atoms in total. The first-order valence-corrected chi connectivity index (χ1v) is 12.1. The highest BCUT2D eigenvalue weighted by molar-refractivity contribution is 7.89. The van der Waals surface area contributed by atoms with Crippen molar-refractivity contribution in [3.05, 3.63) is 90.0 Å². The van der Waals surface area contributed by atoms with Crippen LogP contribution in [-0.4, -0.2) is 27.5 Å². The first-order chi connectivity index (χ1) is 15.5. The van der Waals surface area contributed by atoms with Gasteiger partial charge in [0.05, 0.1) is 17.9 Å². The summed E-state index contributed by atoms with van der Waals surface area (Å²) in [6.45, 7) is 2.66. The van der Waals surface area contributed by atoms with E-state index in [0.29, 0.717) is 18.7 Å². The Bertz CT molecular complexity index is 1100. The average molecular weight is 453 g/mol. The molecule has 0 aliphatic carbocycles. The molecule has 0 bridgehead atoms. The van der Waals surface area contributed by atoms with E-state index in [2.05, 4.69) is 17.0 Å². The van der Waals surface area contributed by atoms with Gasteiger partial charge in [-0.1, -0.05) is 49.4 Å². The molecule has 3 aromatic rings. The largest absolute Gasteiger partial charge is 0.493 e. The summed E-state index contributed by atoms with van der Waals surface area (Å²) in [7, 11) is -3.61. The zero-order valence-corrected chi connectivity index (χ0v) is 18.9. The first kappa shape index (κ1) is 23.5. The third-order valence-corrected chi connectivity index (χ3v) is 6.40. The summed E-state index contributed by atoms with van der Waals surface area (Å²) in [5, 5.41) is 2.76. The summed E-state index contributed by atoms with van der Waals surface area (Å²) in [4.78, 5) is 12.3. The molecule has 0 aliphatic rings. The number of amides is 1. The van der Waals surface area contributed by atoms with Gasteiger partial charge in [-0.3, -0.25) is 4.79 Å². The summed E-state index contributed by atoms with van der Waals surface area (Å²) in [5.41, 5.74) is 2.83. The number of sulfonamides is 1. The molecule has 7 heteroatoms. The van der Waals surface area contributed by atoms with Crippen molar-refractivity contribution in [2.24, 2.45) is 0 Å². The molecular formula is C25H28N2O4S. The van der Waals surface area contributed by atoms with Gasteiger partial charge >= 0.3 is 0 Å². The van der Waals surface area contributed by atoms with Gasteiger partial charge in [-0.2, -0.15) is 0 Å². The Balaban J connectivity index is 1.44. The van der Waals surface area contributed by atoms with Crippen molar-refractivity contribution in [1.82, 2.24) is 4.72 Å². The summed E-state index contributed by atoms with van der Waals surface area (Å²) in [6.07, 6.45) is 1.77. The van der Waals surface area contributed by atoms with Gasteiger partial charge in [-0.05, 0) is 60.4 Å². The molecule has 2 N–H and O–H groups in total. The Hall–Kier alpha value is -3.16. The van der Waals surface area contributed by atoms with E-state index in [4.69, 9.17) is 4.74 Å². The van der Waals surface area contributed by atoms with Crippen LogP contribution >= 0.6 is 0 Å². The smallest absolute Gasteiger partial charge is 0.240 e. The fourth-order valence-electron chi connectivity index (χ4n) is 3.08. The van der Waals surface area contributed by atoms with Crippen molar-refractivity contribution in [2.45, 2.75) is 31.1 Å². The number of carbonyl (C=O) groups excluding carboxylic acids is 1. The Labute approximate surface area is 189 Å². The van der Waals surface area contributed by atoms with E-state index in [1.807, 2.05) is 54.6 Å². The van der Waals surface area contributed by atoms with Gasteiger partial charge in [0.15, 0.2) is 0 Å². The minimum Gasteiger partial charge on any atom is -0.493 e. The van der Waals surface area contributed by atoms with Crippen molar-refractivity contribution in [3.63, 3.8) is 0 Å². The predicted molar refractivity (Wildman–Crippen MR) is 126 cm³/mol. The van der Waals surface area contributed by atoms with E-state index in [9.17, 15) is 13.2 Å². The number of aryl methyl sites for hydroxylation is 1. The predicted octanol–water partition coefficient (Wildman–Crippen LogP) is 4.18. The lowest BCUT2D eigenvalue weighted by molar-refractivity contribution is -0.116. The van der Waals surface area contributed by atoms with Crippen molar-refractivity contribution < 1.29 is 17.9 Å². The third kappa shape index (κ3) is 7.21. The van der Waals surface area contributed by atoms with E-state index < -0.39 is 10.0 Å². The molecule has 0 fully saturated rings. The van der Waals surface area contributed by atoms with Crippen LogP contribution < -0.4 is 14.8 Å². The topological polar surface area (TPSA) is 84.5 Å². The zero-order valence-electron chi connectivity index (χ0n) is 18.1. The van der Waals surface area contributed by atoms with Crippen molar-refractivity contribution >= 4 is 21.6 Å². The Kier molecular flexibility index (Phi) is 8.41. The quantitative estimate of drug-likeness (QED) is 0.457. The monoisotopic (exact) mass is 452 g/mol. The second-order valence-corrected chi connectivity index (χ2v) is 9.07. The van der Waals surface area contributed by atoms with Gasteiger partial charge in [-0.15, -0.1) is 0 Å². The highest BCUT2D eigenvalue weighted by atomic mass is 32.2. The Morgan fingerprint density at radius 1 is 0.875 bits per heavy atom. The molecule has 0 radical (unpaired) electrons. The number of anilines is 1. The Morgan fingerprint density at radius 3 is 2.22 bits per heavy atom. The van der Waals surface area contributed by atoms with Gasteiger partial charge in [0.25, 0.3) is 0 Å². The number of nitrogens with one attached hydrogen (secondary N) is 2. The van der Waals surface area contributed by atoms with Crippen LogP contribution in [0.5, 0.6) is 5.75 Å². The zero-order chi connectivity index (χ0) is 22.8. The standard InChI is InChI=1S/C25H28N2O4S/c1-2-20-8-12-23(13-9-20)31-19-17-25(28)27-22-10-14-24(15-11-22)32(29,30)26-18-16-21-6-4-3-5-7-21/h3-15,26H,2,16-19H2,1H3,(H,27,28). The summed E-state index contributed by atoms with van der Waals surface area (Å²) >= 11 is 0. The van der Waals surface area contributed by atoms with E-state index in [1.54, 1.807) is 12.1 Å². The molecule has 0 saturated carbocycles. The van der Waals surface area contributed by atoms with Crippen LogP contribution in [0, 0.1) is 0 Å². The number of benzene rings is 3. The van der Waals surface area contributed by atoms with Gasteiger partial charge in [0.2, 0.25) is 15.9 Å². The van der Waals surface area contributed by atoms with E-state index >= 15 is 0 Å². The molecule has 168 valence electrons. The van der Waals surface area contributed by atoms with Crippen LogP contribution in [-0.2, 0) is 27.7 Å². The fourth-order valence-corrected chi connectivity index (χ4v) is 4.11. The highest BCUT2D eigenvalue weighted by Gasteiger charge is 2.13. The first-order valence-electron chi connectivity index (χ1n) is 10.6. The van der Waals surface area contributed by atoms with Crippen molar-refractivity contribution in [2.75, 3.05) is 18.5 Å². The number of carbonyl (C=O) groups is 1. The van der Waals surface area contributed by atoms with E-state index in [-0.39, 0.29) is 23.8 Å². The van der Waals surface area contributed by atoms with Crippen molar-refractivity contribution in [3.8, 4) is 5.75 Å². The number of rotatable bonds is 11. The summed E-state index contributed by atoms with van der Waals surface area (Å²) in [6, 6.07) is 23.6.